The normalized spacial score (nSPS) is 39.6. The van der Waals surface area contributed by atoms with Crippen LogP contribution in [0.2, 0.25) is 0 Å². The Balaban J connectivity index is 1.95. The van der Waals surface area contributed by atoms with Gasteiger partial charge >= 0.3 is 0 Å². The van der Waals surface area contributed by atoms with Crippen molar-refractivity contribution in [2.45, 2.75) is 18.4 Å². The zero-order chi connectivity index (χ0) is 10.7. The molecule has 88 valence electrons. The number of nitrogens with one attached hydrogen (secondary N) is 1. The zero-order valence-corrected chi connectivity index (χ0v) is 9.54. The van der Waals surface area contributed by atoms with Crippen LogP contribution in [0.5, 0.6) is 0 Å². The second-order valence-corrected chi connectivity index (χ2v) is 4.78. The monoisotopic (exact) mass is 214 g/mol. The molecule has 0 aliphatic carbocycles. The summed E-state index contributed by atoms with van der Waals surface area (Å²) in [6.07, 6.45) is 2.45. The highest BCUT2D eigenvalue weighted by Crippen LogP contribution is 2.35. The first kappa shape index (κ1) is 11.3. The van der Waals surface area contributed by atoms with E-state index in [2.05, 4.69) is 10.2 Å². The van der Waals surface area contributed by atoms with Crippen LogP contribution in [0.3, 0.4) is 0 Å². The molecule has 3 heterocycles. The van der Waals surface area contributed by atoms with Gasteiger partial charge in [-0.3, -0.25) is 0 Å². The highest BCUT2D eigenvalue weighted by atomic mass is 16.5. The minimum absolute atomic E-state index is 0.0605. The lowest BCUT2D eigenvalue weighted by Crippen LogP contribution is -2.68. The van der Waals surface area contributed by atoms with Crippen LogP contribution in [0.15, 0.2) is 0 Å². The molecular weight excluding hydrogens is 192 g/mol. The van der Waals surface area contributed by atoms with Gasteiger partial charge in [-0.1, -0.05) is 0 Å². The largest absolute Gasteiger partial charge is 0.394 e. The topological polar surface area (TPSA) is 44.7 Å². The molecule has 0 saturated carbocycles. The van der Waals surface area contributed by atoms with Crippen molar-refractivity contribution in [3.8, 4) is 0 Å². The molecule has 0 spiro atoms. The third-order valence-corrected chi connectivity index (χ3v) is 3.94. The van der Waals surface area contributed by atoms with Crippen LogP contribution < -0.4 is 5.32 Å². The van der Waals surface area contributed by atoms with Crippen LogP contribution in [0, 0.1) is 5.92 Å². The Bertz CT molecular complexity index is 205. The van der Waals surface area contributed by atoms with Crippen molar-refractivity contribution < 1.29 is 9.84 Å². The van der Waals surface area contributed by atoms with Gasteiger partial charge in [0, 0.05) is 20.2 Å². The lowest BCUT2D eigenvalue weighted by atomic mass is 9.73. The van der Waals surface area contributed by atoms with E-state index in [1.165, 1.54) is 25.9 Å². The van der Waals surface area contributed by atoms with Gasteiger partial charge in [-0.2, -0.15) is 0 Å². The van der Waals surface area contributed by atoms with Crippen LogP contribution in [0.4, 0.5) is 0 Å². The first-order chi connectivity index (χ1) is 7.30. The van der Waals surface area contributed by atoms with Crippen molar-refractivity contribution in [2.24, 2.45) is 5.92 Å². The molecule has 3 saturated heterocycles. The summed E-state index contributed by atoms with van der Waals surface area (Å²) in [6.45, 7) is 5.21. The second-order valence-electron chi connectivity index (χ2n) is 4.78. The minimum Gasteiger partial charge on any atom is -0.394 e. The Hall–Kier alpha value is -0.160. The summed E-state index contributed by atoms with van der Waals surface area (Å²) in [4.78, 5) is 2.45. The summed E-state index contributed by atoms with van der Waals surface area (Å²) >= 11 is 0. The lowest BCUT2D eigenvalue weighted by molar-refractivity contribution is -0.0275. The molecule has 4 nitrogen and oxygen atoms in total. The molecule has 2 N–H and O–H groups in total. The van der Waals surface area contributed by atoms with Crippen molar-refractivity contribution in [1.29, 1.82) is 0 Å². The number of aliphatic hydroxyl groups excluding tert-OH is 1. The van der Waals surface area contributed by atoms with Crippen LogP contribution in [0.1, 0.15) is 12.8 Å². The van der Waals surface area contributed by atoms with E-state index in [0.29, 0.717) is 12.5 Å². The number of aliphatic hydroxyl groups is 1. The quantitative estimate of drug-likeness (QED) is 0.616. The number of nitrogens with zero attached hydrogens (tertiary/aromatic N) is 1. The predicted molar refractivity (Wildman–Crippen MR) is 58.9 cm³/mol. The number of piperidine rings is 3. The summed E-state index contributed by atoms with van der Waals surface area (Å²) < 4.78 is 5.04. The van der Waals surface area contributed by atoms with Gasteiger partial charge < -0.3 is 20.1 Å². The summed E-state index contributed by atoms with van der Waals surface area (Å²) in [6, 6.07) is 0. The molecule has 3 aliphatic heterocycles. The van der Waals surface area contributed by atoms with Gasteiger partial charge in [-0.15, -0.1) is 0 Å². The number of hydrogen-bond acceptors (Lipinski definition) is 4. The van der Waals surface area contributed by atoms with Crippen LogP contribution >= 0.6 is 0 Å². The van der Waals surface area contributed by atoms with Crippen molar-refractivity contribution in [2.75, 3.05) is 46.5 Å². The van der Waals surface area contributed by atoms with E-state index in [0.717, 1.165) is 13.1 Å². The maximum absolute atomic E-state index is 9.63. The average molecular weight is 214 g/mol. The van der Waals surface area contributed by atoms with Gasteiger partial charge in [-0.05, 0) is 31.8 Å². The molecule has 0 aromatic heterocycles. The van der Waals surface area contributed by atoms with Crippen molar-refractivity contribution >= 4 is 0 Å². The highest BCUT2D eigenvalue weighted by Gasteiger charge is 2.45. The molecule has 1 atom stereocenters. The Morgan fingerprint density at radius 3 is 2.67 bits per heavy atom. The van der Waals surface area contributed by atoms with E-state index in [1.54, 1.807) is 7.11 Å². The number of rotatable bonds is 5. The summed E-state index contributed by atoms with van der Waals surface area (Å²) in [5.74, 6) is 0.643. The molecule has 0 amide bonds. The summed E-state index contributed by atoms with van der Waals surface area (Å²) in [5, 5.41) is 13.1. The molecular formula is C11H22N2O2. The lowest BCUT2D eigenvalue weighted by Gasteiger charge is -2.53. The Morgan fingerprint density at radius 1 is 1.47 bits per heavy atom. The molecule has 0 aromatic rings. The van der Waals surface area contributed by atoms with Gasteiger partial charge in [0.05, 0.1) is 18.8 Å². The van der Waals surface area contributed by atoms with Crippen molar-refractivity contribution in [3.63, 3.8) is 0 Å². The molecule has 1 unspecified atom stereocenters. The van der Waals surface area contributed by atoms with Gasteiger partial charge in [0.25, 0.3) is 0 Å². The van der Waals surface area contributed by atoms with E-state index in [9.17, 15) is 5.11 Å². The van der Waals surface area contributed by atoms with Gasteiger partial charge in [-0.25, -0.2) is 0 Å². The van der Waals surface area contributed by atoms with Crippen LogP contribution in [0.25, 0.3) is 0 Å². The van der Waals surface area contributed by atoms with E-state index in [1.807, 2.05) is 0 Å². The maximum atomic E-state index is 9.63. The summed E-state index contributed by atoms with van der Waals surface area (Å²) in [5.41, 5.74) is -0.0605. The second kappa shape index (κ2) is 4.78. The smallest absolute Gasteiger partial charge is 0.0628 e. The molecule has 0 aromatic carbocycles. The molecule has 3 aliphatic rings. The number of hydrogen-bond donors (Lipinski definition) is 2. The molecule has 2 bridgehead atoms. The SMILES string of the molecule is COCCNC1(CO)CN2CCC1CC2. The van der Waals surface area contributed by atoms with E-state index in [-0.39, 0.29) is 12.1 Å². The third-order valence-electron chi connectivity index (χ3n) is 3.94. The standard InChI is InChI=1S/C11H22N2O2/c1-15-7-4-12-11(9-14)8-13-5-2-10(11)3-6-13/h10,12,14H,2-9H2,1H3. The van der Waals surface area contributed by atoms with E-state index >= 15 is 0 Å². The first-order valence-corrected chi connectivity index (χ1v) is 5.88. The number of fused-ring (bicyclic) bond motifs is 3. The van der Waals surface area contributed by atoms with Crippen molar-refractivity contribution in [1.82, 2.24) is 10.2 Å². The first-order valence-electron chi connectivity index (χ1n) is 5.88. The fourth-order valence-electron chi connectivity index (χ4n) is 3.01. The average Bonchev–Trinajstić information content (AvgIpc) is 2.31. The molecule has 4 heteroatoms. The Kier molecular flexibility index (Phi) is 3.61. The molecule has 15 heavy (non-hydrogen) atoms. The number of methoxy groups -OCH3 is 1. The van der Waals surface area contributed by atoms with E-state index in [4.69, 9.17) is 4.74 Å². The maximum Gasteiger partial charge on any atom is 0.0628 e. The van der Waals surface area contributed by atoms with Gasteiger partial charge in [0.1, 0.15) is 0 Å². The highest BCUT2D eigenvalue weighted by molar-refractivity contribution is 5.03. The Labute approximate surface area is 91.6 Å². The molecule has 3 fully saturated rings. The minimum atomic E-state index is -0.0605. The number of ether oxygens (including phenoxy) is 1. The molecule has 0 radical (unpaired) electrons. The third kappa shape index (κ3) is 2.18. The van der Waals surface area contributed by atoms with Crippen molar-refractivity contribution in [3.05, 3.63) is 0 Å². The Morgan fingerprint density at radius 2 is 2.20 bits per heavy atom. The molecule has 3 rings (SSSR count). The van der Waals surface area contributed by atoms with Crippen LogP contribution in [-0.4, -0.2) is 62.0 Å². The fraction of sp³-hybridized carbons (Fsp3) is 1.00. The van der Waals surface area contributed by atoms with E-state index < -0.39 is 0 Å². The zero-order valence-electron chi connectivity index (χ0n) is 9.54. The fourth-order valence-corrected chi connectivity index (χ4v) is 3.01. The van der Waals surface area contributed by atoms with Gasteiger partial charge in [0.2, 0.25) is 0 Å². The van der Waals surface area contributed by atoms with Crippen LogP contribution in [-0.2, 0) is 4.74 Å². The predicted octanol–water partition coefficient (Wildman–Crippen LogP) is -0.321. The van der Waals surface area contributed by atoms with Gasteiger partial charge in [0.15, 0.2) is 0 Å². The summed E-state index contributed by atoms with van der Waals surface area (Å²) in [7, 11) is 1.71.